The van der Waals surface area contributed by atoms with Crippen molar-refractivity contribution in [1.82, 2.24) is 0 Å². The van der Waals surface area contributed by atoms with E-state index in [-0.39, 0.29) is 11.4 Å². The van der Waals surface area contributed by atoms with E-state index in [0.29, 0.717) is 10.6 Å². The number of nitrogens with one attached hydrogen (secondary N) is 1. The van der Waals surface area contributed by atoms with E-state index in [9.17, 15) is 20.0 Å². The molecule has 0 amide bonds. The number of carboxylic acids is 1. The van der Waals surface area contributed by atoms with Crippen LogP contribution < -0.4 is 10.1 Å². The second-order valence-electron chi connectivity index (χ2n) is 4.07. The van der Waals surface area contributed by atoms with E-state index in [2.05, 4.69) is 5.32 Å². The van der Waals surface area contributed by atoms with E-state index in [1.165, 1.54) is 36.6 Å². The molecule has 2 N–H and O–H groups in total. The predicted octanol–water partition coefficient (Wildman–Crippen LogP) is 2.90. The number of nitro benzene ring substituents is 1. The van der Waals surface area contributed by atoms with E-state index in [0.717, 1.165) is 0 Å². The van der Waals surface area contributed by atoms with Gasteiger partial charge in [-0.05, 0) is 23.6 Å². The van der Waals surface area contributed by atoms with Crippen LogP contribution in [-0.4, -0.2) is 23.1 Å². The summed E-state index contributed by atoms with van der Waals surface area (Å²) in [4.78, 5) is 22.4. The average molecular weight is 308 g/mol. The third kappa shape index (κ3) is 3.29. The number of carbonyl (C=O) groups is 1. The number of rotatable bonds is 6. The normalized spacial score (nSPS) is 11.7. The van der Waals surface area contributed by atoms with Crippen LogP contribution in [0.5, 0.6) is 5.75 Å². The Morgan fingerprint density at radius 3 is 2.76 bits per heavy atom. The van der Waals surface area contributed by atoms with Gasteiger partial charge in [-0.2, -0.15) is 0 Å². The van der Waals surface area contributed by atoms with Crippen LogP contribution in [0.25, 0.3) is 0 Å². The molecule has 0 fully saturated rings. The third-order valence-electron chi connectivity index (χ3n) is 2.78. The van der Waals surface area contributed by atoms with Crippen molar-refractivity contribution in [3.8, 4) is 5.75 Å². The number of aliphatic carboxylic acids is 1. The van der Waals surface area contributed by atoms with Crippen LogP contribution in [0, 0.1) is 10.1 Å². The van der Waals surface area contributed by atoms with Gasteiger partial charge in [0.05, 0.1) is 18.1 Å². The highest BCUT2D eigenvalue weighted by Crippen LogP contribution is 2.32. The second kappa shape index (κ2) is 6.23. The first-order chi connectivity index (χ1) is 10.0. The lowest BCUT2D eigenvalue weighted by Crippen LogP contribution is -2.20. The summed E-state index contributed by atoms with van der Waals surface area (Å²) in [7, 11) is 1.40. The van der Waals surface area contributed by atoms with E-state index in [1.54, 1.807) is 17.5 Å². The minimum Gasteiger partial charge on any atom is -0.496 e. The molecule has 0 bridgehead atoms. The Balaban J connectivity index is 2.37. The summed E-state index contributed by atoms with van der Waals surface area (Å²) in [5.74, 6) is -0.780. The fourth-order valence-electron chi connectivity index (χ4n) is 1.78. The Morgan fingerprint density at radius 1 is 1.48 bits per heavy atom. The van der Waals surface area contributed by atoms with Gasteiger partial charge in [0.2, 0.25) is 0 Å². The van der Waals surface area contributed by atoms with Crippen LogP contribution in [-0.2, 0) is 4.79 Å². The number of nitro groups is 1. The zero-order chi connectivity index (χ0) is 15.4. The summed E-state index contributed by atoms with van der Waals surface area (Å²) >= 11 is 1.26. The van der Waals surface area contributed by atoms with Crippen molar-refractivity contribution >= 4 is 28.7 Å². The molecule has 1 unspecified atom stereocenters. The molecule has 21 heavy (non-hydrogen) atoms. The van der Waals surface area contributed by atoms with Crippen molar-refractivity contribution < 1.29 is 19.6 Å². The van der Waals surface area contributed by atoms with Crippen LogP contribution in [0.15, 0.2) is 35.7 Å². The second-order valence-corrected chi connectivity index (χ2v) is 5.05. The van der Waals surface area contributed by atoms with Gasteiger partial charge in [-0.1, -0.05) is 6.07 Å². The monoisotopic (exact) mass is 308 g/mol. The quantitative estimate of drug-likeness (QED) is 0.628. The molecule has 7 nitrogen and oxygen atoms in total. The molecule has 1 atom stereocenters. The molecule has 110 valence electrons. The summed E-state index contributed by atoms with van der Waals surface area (Å²) in [5, 5.41) is 24.8. The number of ether oxygens (including phenoxy) is 1. The molecule has 0 aliphatic carbocycles. The molecule has 0 saturated heterocycles. The highest BCUT2D eigenvalue weighted by Gasteiger charge is 2.24. The van der Waals surface area contributed by atoms with Gasteiger partial charge in [-0.15, -0.1) is 11.3 Å². The summed E-state index contributed by atoms with van der Waals surface area (Å²) in [6, 6.07) is 6.54. The number of carboxylic acid groups (broad SMARTS) is 1. The minimum absolute atomic E-state index is 0.126. The molecular weight excluding hydrogens is 296 g/mol. The average Bonchev–Trinajstić information content (AvgIpc) is 2.98. The summed E-state index contributed by atoms with van der Waals surface area (Å²) in [6.07, 6.45) is 0. The van der Waals surface area contributed by atoms with Gasteiger partial charge in [-0.3, -0.25) is 10.1 Å². The fourth-order valence-corrected chi connectivity index (χ4v) is 2.54. The number of anilines is 1. The maximum atomic E-state index is 11.4. The Morgan fingerprint density at radius 2 is 2.24 bits per heavy atom. The third-order valence-corrected chi connectivity index (χ3v) is 3.71. The molecule has 1 aromatic heterocycles. The fraction of sp³-hybridized carbons (Fsp3) is 0.154. The largest absolute Gasteiger partial charge is 0.496 e. The van der Waals surface area contributed by atoms with Gasteiger partial charge in [0.1, 0.15) is 11.4 Å². The topological polar surface area (TPSA) is 102 Å². The molecule has 0 aliphatic rings. The maximum absolute atomic E-state index is 11.4. The van der Waals surface area contributed by atoms with Gasteiger partial charge in [-0.25, -0.2) is 4.79 Å². The number of benzene rings is 1. The lowest BCUT2D eigenvalue weighted by atomic mass is 10.2. The summed E-state index contributed by atoms with van der Waals surface area (Å²) in [6.45, 7) is 0. The Hall–Kier alpha value is -2.61. The van der Waals surface area contributed by atoms with E-state index >= 15 is 0 Å². The Labute approximate surface area is 123 Å². The first-order valence-electron chi connectivity index (χ1n) is 5.88. The predicted molar refractivity (Wildman–Crippen MR) is 78.0 cm³/mol. The van der Waals surface area contributed by atoms with Crippen molar-refractivity contribution in [2.24, 2.45) is 0 Å². The van der Waals surface area contributed by atoms with Crippen molar-refractivity contribution in [3.05, 3.63) is 50.7 Å². The van der Waals surface area contributed by atoms with Gasteiger partial charge in [0.15, 0.2) is 6.04 Å². The standard InChI is InChI=1S/C13H12N2O5S/c1-20-8-4-5-9(10(7-8)15(18)19)14-12(13(16)17)11-3-2-6-21-11/h2-7,12,14H,1H3,(H,16,17). The lowest BCUT2D eigenvalue weighted by Gasteiger charge is -2.14. The summed E-state index contributed by atoms with van der Waals surface area (Å²) in [5.41, 5.74) is -0.112. The van der Waals surface area contributed by atoms with Crippen molar-refractivity contribution in [2.45, 2.75) is 6.04 Å². The number of thiophene rings is 1. The van der Waals surface area contributed by atoms with Gasteiger partial charge < -0.3 is 15.2 Å². The molecule has 0 radical (unpaired) electrons. The number of hydrogen-bond acceptors (Lipinski definition) is 6. The lowest BCUT2D eigenvalue weighted by molar-refractivity contribution is -0.384. The smallest absolute Gasteiger partial charge is 0.331 e. The number of hydrogen-bond donors (Lipinski definition) is 2. The molecule has 8 heteroatoms. The molecule has 1 heterocycles. The van der Waals surface area contributed by atoms with Gasteiger partial charge in [0.25, 0.3) is 5.69 Å². The first-order valence-corrected chi connectivity index (χ1v) is 6.76. The van der Waals surface area contributed by atoms with Crippen LogP contribution in [0.3, 0.4) is 0 Å². The van der Waals surface area contributed by atoms with E-state index in [1.807, 2.05) is 0 Å². The zero-order valence-corrected chi connectivity index (χ0v) is 11.8. The van der Waals surface area contributed by atoms with Crippen LogP contribution in [0.1, 0.15) is 10.9 Å². The Bertz CT molecular complexity index is 657. The molecule has 0 spiro atoms. The molecule has 0 aliphatic heterocycles. The highest BCUT2D eigenvalue weighted by molar-refractivity contribution is 7.10. The molecule has 2 rings (SSSR count). The number of methoxy groups -OCH3 is 1. The van der Waals surface area contributed by atoms with Crippen molar-refractivity contribution in [2.75, 3.05) is 12.4 Å². The van der Waals surface area contributed by atoms with Crippen molar-refractivity contribution in [3.63, 3.8) is 0 Å². The zero-order valence-electron chi connectivity index (χ0n) is 11.0. The highest BCUT2D eigenvalue weighted by atomic mass is 32.1. The van der Waals surface area contributed by atoms with Gasteiger partial charge in [0, 0.05) is 4.88 Å². The molecule has 0 saturated carbocycles. The first kappa shape index (κ1) is 14.8. The minimum atomic E-state index is -1.11. The summed E-state index contributed by atoms with van der Waals surface area (Å²) < 4.78 is 4.94. The molecular formula is C13H12N2O5S. The van der Waals surface area contributed by atoms with Crippen LogP contribution >= 0.6 is 11.3 Å². The molecule has 2 aromatic rings. The SMILES string of the molecule is COc1ccc(NC(C(=O)O)c2cccs2)c([N+](=O)[O-])c1. The van der Waals surface area contributed by atoms with Crippen molar-refractivity contribution in [1.29, 1.82) is 0 Å². The van der Waals surface area contributed by atoms with E-state index < -0.39 is 16.9 Å². The van der Waals surface area contributed by atoms with E-state index in [4.69, 9.17) is 4.74 Å². The van der Waals surface area contributed by atoms with Crippen LogP contribution in [0.4, 0.5) is 11.4 Å². The van der Waals surface area contributed by atoms with Gasteiger partial charge >= 0.3 is 5.97 Å². The number of nitrogens with zero attached hydrogens (tertiary/aromatic N) is 1. The van der Waals surface area contributed by atoms with Crippen LogP contribution in [0.2, 0.25) is 0 Å². The maximum Gasteiger partial charge on any atom is 0.331 e. The molecule has 1 aromatic carbocycles. The Kier molecular flexibility index (Phi) is 4.39.